The fourth-order valence-electron chi connectivity index (χ4n) is 3.40. The second-order valence-electron chi connectivity index (χ2n) is 6.60. The monoisotopic (exact) mass is 394 g/mol. The number of carbonyl (C=O) groups is 1. The Morgan fingerprint density at radius 1 is 1.25 bits per heavy atom. The Morgan fingerprint density at radius 2 is 2.07 bits per heavy atom. The van der Waals surface area contributed by atoms with Crippen molar-refractivity contribution in [2.24, 2.45) is 0 Å². The summed E-state index contributed by atoms with van der Waals surface area (Å²) in [5.41, 5.74) is 3.18. The van der Waals surface area contributed by atoms with E-state index in [2.05, 4.69) is 33.2 Å². The Kier molecular flexibility index (Phi) is 4.88. The van der Waals surface area contributed by atoms with E-state index in [0.29, 0.717) is 22.4 Å². The number of methoxy groups -OCH3 is 1. The molecule has 2 heterocycles. The largest absolute Gasteiger partial charge is 0.495 e. The second kappa shape index (κ2) is 7.48. The van der Waals surface area contributed by atoms with Crippen LogP contribution in [0.25, 0.3) is 0 Å². The maximum absolute atomic E-state index is 12.7. The first-order chi connectivity index (χ1) is 13.6. The number of anilines is 3. The first-order valence-corrected chi connectivity index (χ1v) is 9.29. The summed E-state index contributed by atoms with van der Waals surface area (Å²) in [4.78, 5) is 23.6. The predicted molar refractivity (Wildman–Crippen MR) is 110 cm³/mol. The molecule has 1 N–H and O–H groups in total. The molecule has 1 amide bonds. The van der Waals surface area contributed by atoms with Gasteiger partial charge >= 0.3 is 0 Å². The van der Waals surface area contributed by atoms with Crippen molar-refractivity contribution >= 4 is 34.8 Å². The zero-order valence-electron chi connectivity index (χ0n) is 15.5. The molecule has 1 atom stereocenters. The van der Waals surface area contributed by atoms with Gasteiger partial charge in [0.2, 0.25) is 5.95 Å². The van der Waals surface area contributed by atoms with Crippen LogP contribution in [0, 0.1) is 0 Å². The molecule has 0 spiro atoms. The third-order valence-corrected chi connectivity index (χ3v) is 5.00. The highest BCUT2D eigenvalue weighted by atomic mass is 35.5. The van der Waals surface area contributed by atoms with E-state index in [9.17, 15) is 4.79 Å². The molecule has 142 valence electrons. The predicted octanol–water partition coefficient (Wildman–Crippen LogP) is 4.47. The van der Waals surface area contributed by atoms with E-state index in [-0.39, 0.29) is 17.6 Å². The van der Waals surface area contributed by atoms with Crippen LogP contribution in [0.15, 0.2) is 54.7 Å². The van der Waals surface area contributed by atoms with Gasteiger partial charge in [-0.2, -0.15) is 0 Å². The summed E-state index contributed by atoms with van der Waals surface area (Å²) in [7, 11) is 1.54. The van der Waals surface area contributed by atoms with Crippen LogP contribution in [0.5, 0.6) is 5.75 Å². The van der Waals surface area contributed by atoms with Crippen molar-refractivity contribution in [2.45, 2.75) is 19.4 Å². The number of carbonyl (C=O) groups excluding carboxylic acids is 1. The van der Waals surface area contributed by atoms with Gasteiger partial charge in [0.05, 0.1) is 12.1 Å². The van der Waals surface area contributed by atoms with Crippen LogP contribution in [-0.2, 0) is 6.42 Å². The average Bonchev–Trinajstić information content (AvgIpc) is 3.04. The topological polar surface area (TPSA) is 67.3 Å². The van der Waals surface area contributed by atoms with Gasteiger partial charge in [-0.25, -0.2) is 9.97 Å². The molecular formula is C21H19ClN4O2. The van der Waals surface area contributed by atoms with Crippen molar-refractivity contribution in [3.8, 4) is 5.75 Å². The van der Waals surface area contributed by atoms with Gasteiger partial charge < -0.3 is 15.0 Å². The fourth-order valence-corrected chi connectivity index (χ4v) is 3.66. The van der Waals surface area contributed by atoms with Crippen LogP contribution in [0.1, 0.15) is 23.0 Å². The Labute approximate surface area is 168 Å². The van der Waals surface area contributed by atoms with Crippen LogP contribution in [0.2, 0.25) is 5.02 Å². The lowest BCUT2D eigenvalue weighted by Gasteiger charge is -2.22. The van der Waals surface area contributed by atoms with Crippen molar-refractivity contribution in [3.63, 3.8) is 0 Å². The zero-order chi connectivity index (χ0) is 19.7. The molecule has 1 unspecified atom stereocenters. The highest BCUT2D eigenvalue weighted by Crippen LogP contribution is 2.36. The molecule has 6 nitrogen and oxygen atoms in total. The van der Waals surface area contributed by atoms with E-state index in [1.54, 1.807) is 37.6 Å². The number of aromatic nitrogens is 2. The maximum atomic E-state index is 12.7. The van der Waals surface area contributed by atoms with Gasteiger partial charge in [-0.1, -0.05) is 29.8 Å². The van der Waals surface area contributed by atoms with Crippen molar-refractivity contribution in [2.75, 3.05) is 17.3 Å². The van der Waals surface area contributed by atoms with Crippen molar-refractivity contribution in [3.05, 3.63) is 71.0 Å². The third kappa shape index (κ3) is 3.39. The molecule has 0 radical (unpaired) electrons. The summed E-state index contributed by atoms with van der Waals surface area (Å²) in [5.74, 6) is 0.730. The van der Waals surface area contributed by atoms with Gasteiger partial charge in [0, 0.05) is 23.6 Å². The lowest BCUT2D eigenvalue weighted by Crippen LogP contribution is -2.26. The molecule has 0 aliphatic carbocycles. The summed E-state index contributed by atoms with van der Waals surface area (Å²) in [5, 5.41) is 3.23. The second-order valence-corrected chi connectivity index (χ2v) is 7.00. The first kappa shape index (κ1) is 18.3. The minimum atomic E-state index is -0.329. The summed E-state index contributed by atoms with van der Waals surface area (Å²) in [6.07, 6.45) is 2.52. The molecule has 3 aromatic rings. The SMILES string of the molecule is COc1ccc(NC(=O)c2ccnc(N3c4ccccc4CC3C)n2)cc1Cl. The maximum Gasteiger partial charge on any atom is 0.274 e. The van der Waals surface area contributed by atoms with E-state index < -0.39 is 0 Å². The Balaban J connectivity index is 1.59. The molecule has 0 saturated heterocycles. The number of hydrogen-bond donors (Lipinski definition) is 1. The van der Waals surface area contributed by atoms with Gasteiger partial charge in [0.25, 0.3) is 5.91 Å². The van der Waals surface area contributed by atoms with E-state index >= 15 is 0 Å². The van der Waals surface area contributed by atoms with E-state index in [0.717, 1.165) is 12.1 Å². The molecule has 1 aliphatic rings. The van der Waals surface area contributed by atoms with E-state index in [1.807, 2.05) is 18.2 Å². The van der Waals surface area contributed by atoms with Gasteiger partial charge in [0.15, 0.2) is 0 Å². The summed E-state index contributed by atoms with van der Waals surface area (Å²) < 4.78 is 5.13. The summed E-state index contributed by atoms with van der Waals surface area (Å²) in [6.45, 7) is 2.12. The molecular weight excluding hydrogens is 376 g/mol. The minimum absolute atomic E-state index is 0.219. The van der Waals surface area contributed by atoms with E-state index in [1.165, 1.54) is 5.56 Å². The van der Waals surface area contributed by atoms with Crippen molar-refractivity contribution in [1.29, 1.82) is 0 Å². The number of nitrogens with zero attached hydrogens (tertiary/aromatic N) is 3. The van der Waals surface area contributed by atoms with Gasteiger partial charge in [-0.15, -0.1) is 0 Å². The molecule has 0 fully saturated rings. The Morgan fingerprint density at radius 3 is 2.86 bits per heavy atom. The highest BCUT2D eigenvalue weighted by Gasteiger charge is 2.29. The lowest BCUT2D eigenvalue weighted by molar-refractivity contribution is 0.102. The number of benzene rings is 2. The number of halogens is 1. The number of rotatable bonds is 4. The number of amides is 1. The fraction of sp³-hybridized carbons (Fsp3) is 0.190. The Bertz CT molecular complexity index is 1040. The number of ether oxygens (including phenoxy) is 1. The smallest absolute Gasteiger partial charge is 0.274 e. The number of fused-ring (bicyclic) bond motifs is 1. The van der Waals surface area contributed by atoms with Crippen LogP contribution >= 0.6 is 11.6 Å². The molecule has 2 aromatic carbocycles. The molecule has 1 aromatic heterocycles. The molecule has 0 saturated carbocycles. The number of para-hydroxylation sites is 1. The van der Waals surface area contributed by atoms with Crippen molar-refractivity contribution < 1.29 is 9.53 Å². The van der Waals surface area contributed by atoms with Gasteiger partial charge in [0.1, 0.15) is 11.4 Å². The standard InChI is InChI=1S/C21H19ClN4O2/c1-13-11-14-5-3-4-6-18(14)26(13)21-23-10-9-17(25-21)20(27)24-15-7-8-19(28-2)16(22)12-15/h3-10,12-13H,11H2,1-2H3,(H,24,27). The normalized spacial score (nSPS) is 15.2. The average molecular weight is 395 g/mol. The van der Waals surface area contributed by atoms with E-state index in [4.69, 9.17) is 16.3 Å². The van der Waals surface area contributed by atoms with Gasteiger partial charge in [-0.05, 0) is 49.2 Å². The molecule has 7 heteroatoms. The van der Waals surface area contributed by atoms with Gasteiger partial charge in [-0.3, -0.25) is 4.79 Å². The minimum Gasteiger partial charge on any atom is -0.495 e. The molecule has 4 rings (SSSR count). The molecule has 28 heavy (non-hydrogen) atoms. The summed E-state index contributed by atoms with van der Waals surface area (Å²) >= 11 is 6.13. The lowest BCUT2D eigenvalue weighted by atomic mass is 10.1. The Hall–Kier alpha value is -3.12. The zero-order valence-corrected chi connectivity index (χ0v) is 16.3. The first-order valence-electron chi connectivity index (χ1n) is 8.92. The van der Waals surface area contributed by atoms with Crippen LogP contribution < -0.4 is 15.0 Å². The molecule has 0 bridgehead atoms. The quantitative estimate of drug-likeness (QED) is 0.707. The van der Waals surface area contributed by atoms with Crippen molar-refractivity contribution in [1.82, 2.24) is 9.97 Å². The number of nitrogens with one attached hydrogen (secondary N) is 1. The number of hydrogen-bond acceptors (Lipinski definition) is 5. The van der Waals surface area contributed by atoms with Crippen LogP contribution in [0.4, 0.5) is 17.3 Å². The molecule has 1 aliphatic heterocycles. The van der Waals surface area contributed by atoms with Crippen LogP contribution in [0.3, 0.4) is 0 Å². The highest BCUT2D eigenvalue weighted by molar-refractivity contribution is 6.32. The van der Waals surface area contributed by atoms with Crippen LogP contribution in [-0.4, -0.2) is 29.0 Å². The third-order valence-electron chi connectivity index (χ3n) is 4.71. The summed E-state index contributed by atoms with van der Waals surface area (Å²) in [6, 6.07) is 15.1.